The third-order valence-corrected chi connectivity index (χ3v) is 17.1. The molecule has 13 rings (SSSR count). The van der Waals surface area contributed by atoms with E-state index < -0.39 is 0 Å². The second kappa shape index (κ2) is 13.7. The summed E-state index contributed by atoms with van der Waals surface area (Å²) in [7, 11) is 0. The summed E-state index contributed by atoms with van der Waals surface area (Å²) in [5.74, 6) is 3.58. The van der Waals surface area contributed by atoms with Crippen molar-refractivity contribution >= 4 is 101 Å². The van der Waals surface area contributed by atoms with Gasteiger partial charge in [-0.05, 0) is 145 Å². The fraction of sp³-hybridized carbons (Fsp3) is 0.267. The Morgan fingerprint density at radius 3 is 1.76 bits per heavy atom. The van der Waals surface area contributed by atoms with Crippen LogP contribution >= 0.6 is 11.3 Å². The van der Waals surface area contributed by atoms with Crippen LogP contribution in [0.25, 0.3) is 10.1 Å². The van der Waals surface area contributed by atoms with Crippen molar-refractivity contribution in [2.75, 3.05) is 9.80 Å². The maximum Gasteiger partial charge on any atom is 0.268 e. The number of rotatable bonds is 2. The Labute approximate surface area is 400 Å². The number of nitrogens with zero attached hydrogens (tertiary/aromatic N) is 2. The second-order valence-electron chi connectivity index (χ2n) is 23.2. The molecule has 330 valence electrons. The van der Waals surface area contributed by atoms with Gasteiger partial charge in [-0.1, -0.05) is 136 Å². The maximum atomic E-state index is 7.36. The van der Waals surface area contributed by atoms with E-state index in [1.807, 2.05) is 11.3 Å². The molecule has 0 saturated carbocycles. The van der Waals surface area contributed by atoms with Gasteiger partial charge in [-0.15, -0.1) is 11.3 Å². The van der Waals surface area contributed by atoms with Crippen LogP contribution in [0, 0.1) is 0 Å². The molecule has 4 aliphatic heterocycles. The van der Waals surface area contributed by atoms with Gasteiger partial charge in [-0.2, -0.15) is 0 Å². The average molecular weight is 891 g/mol. The van der Waals surface area contributed by atoms with Gasteiger partial charge in [0, 0.05) is 49.4 Å². The van der Waals surface area contributed by atoms with E-state index in [-0.39, 0.29) is 35.1 Å². The predicted molar refractivity (Wildman–Crippen MR) is 286 cm³/mol. The van der Waals surface area contributed by atoms with Gasteiger partial charge in [0.15, 0.2) is 0 Å². The van der Waals surface area contributed by atoms with E-state index in [1.54, 1.807) is 0 Å². The quantitative estimate of drug-likeness (QED) is 0.161. The molecule has 67 heavy (non-hydrogen) atoms. The number of para-hydroxylation sites is 2. The monoisotopic (exact) mass is 890 g/mol. The number of fused-ring (bicyclic) bond motifs is 11. The Morgan fingerprint density at radius 2 is 1.07 bits per heavy atom. The van der Waals surface area contributed by atoms with Crippen LogP contribution in [-0.2, 0) is 21.7 Å². The van der Waals surface area contributed by atoms with Crippen molar-refractivity contribution in [2.45, 2.75) is 104 Å². The standard InChI is InChI=1S/C60H56B2N2O2S/c1-57(2,3)35-28-46-53-50(30-35)65-48-34-49-44(33-43(48)61(53)42-21-15-16-22-45(42)63(46)37-18-12-11-13-19-37)62-54-47(29-36(58(4,5)6)31-51(54)66-49)64(55-39-20-14-17-23-52(39)67-56(55)62)38-24-25-40-41(32-38)60(9,10)27-26-59(40,7)8/h11-25,28-34H,26-27H2,1-10H3. The predicted octanol–water partition coefficient (Wildman–Crippen LogP) is 12.7. The van der Waals surface area contributed by atoms with Crippen molar-refractivity contribution in [1.29, 1.82) is 0 Å². The molecule has 8 aromatic rings. The molecule has 1 aliphatic carbocycles. The highest BCUT2D eigenvalue weighted by atomic mass is 32.1. The van der Waals surface area contributed by atoms with Gasteiger partial charge in [0.1, 0.15) is 23.0 Å². The highest BCUT2D eigenvalue weighted by Crippen LogP contribution is 2.52. The van der Waals surface area contributed by atoms with E-state index in [9.17, 15) is 0 Å². The van der Waals surface area contributed by atoms with E-state index in [0.29, 0.717) is 0 Å². The molecule has 0 fully saturated rings. The van der Waals surface area contributed by atoms with E-state index in [1.165, 1.54) is 99.3 Å². The van der Waals surface area contributed by atoms with Crippen LogP contribution in [0.3, 0.4) is 0 Å². The number of anilines is 6. The first-order valence-electron chi connectivity index (χ1n) is 24.3. The zero-order valence-corrected chi connectivity index (χ0v) is 41.2. The average Bonchev–Trinajstić information content (AvgIpc) is 3.68. The molecule has 0 amide bonds. The molecule has 4 nitrogen and oxygen atoms in total. The second-order valence-corrected chi connectivity index (χ2v) is 24.3. The molecule has 0 bridgehead atoms. The number of thiophene rings is 1. The molecule has 0 atom stereocenters. The van der Waals surface area contributed by atoms with Gasteiger partial charge in [-0.3, -0.25) is 0 Å². The molecule has 5 heterocycles. The van der Waals surface area contributed by atoms with Gasteiger partial charge >= 0.3 is 0 Å². The minimum absolute atomic E-state index is 0.0431. The van der Waals surface area contributed by atoms with Crippen molar-refractivity contribution in [3.8, 4) is 23.0 Å². The van der Waals surface area contributed by atoms with Gasteiger partial charge in [0.05, 0.1) is 5.69 Å². The molecule has 0 unspecified atom stereocenters. The third-order valence-electron chi connectivity index (χ3n) is 15.9. The Bertz CT molecular complexity index is 3430. The van der Waals surface area contributed by atoms with Crippen LogP contribution in [-0.4, -0.2) is 13.4 Å². The van der Waals surface area contributed by atoms with Crippen molar-refractivity contribution in [3.05, 3.63) is 156 Å². The Kier molecular flexibility index (Phi) is 8.41. The summed E-state index contributed by atoms with van der Waals surface area (Å²) in [6.07, 6.45) is 2.35. The summed E-state index contributed by atoms with van der Waals surface area (Å²) in [5.41, 5.74) is 18.7. The molecule has 0 saturated heterocycles. The molecule has 0 N–H and O–H groups in total. The number of ether oxygens (including phenoxy) is 2. The fourth-order valence-electron chi connectivity index (χ4n) is 12.1. The smallest absolute Gasteiger partial charge is 0.268 e. The van der Waals surface area contributed by atoms with Gasteiger partial charge in [0.25, 0.3) is 13.4 Å². The highest BCUT2D eigenvalue weighted by Gasteiger charge is 2.49. The lowest BCUT2D eigenvalue weighted by molar-refractivity contribution is 0.332. The zero-order valence-electron chi connectivity index (χ0n) is 40.4. The van der Waals surface area contributed by atoms with Crippen molar-refractivity contribution < 1.29 is 9.47 Å². The maximum absolute atomic E-state index is 7.36. The Morgan fingerprint density at radius 1 is 0.493 bits per heavy atom. The lowest BCUT2D eigenvalue weighted by atomic mass is 9.32. The van der Waals surface area contributed by atoms with Crippen molar-refractivity contribution in [3.63, 3.8) is 0 Å². The van der Waals surface area contributed by atoms with Crippen LogP contribution in [0.15, 0.2) is 133 Å². The number of hydrogen-bond acceptors (Lipinski definition) is 5. The number of hydrogen-bond donors (Lipinski definition) is 0. The van der Waals surface area contributed by atoms with E-state index in [2.05, 4.69) is 212 Å². The lowest BCUT2D eigenvalue weighted by Crippen LogP contribution is -2.63. The largest absolute Gasteiger partial charge is 0.458 e. The fourth-order valence-corrected chi connectivity index (χ4v) is 13.4. The first-order valence-corrected chi connectivity index (χ1v) is 25.1. The summed E-state index contributed by atoms with van der Waals surface area (Å²) in [6, 6.07) is 50.5. The Balaban J connectivity index is 1.07. The van der Waals surface area contributed by atoms with E-state index >= 15 is 0 Å². The van der Waals surface area contributed by atoms with E-state index in [0.717, 1.165) is 35.1 Å². The normalized spacial score (nSPS) is 16.7. The summed E-state index contributed by atoms with van der Waals surface area (Å²) in [6.45, 7) is 23.5. The van der Waals surface area contributed by atoms with Gasteiger partial charge in [-0.25, -0.2) is 0 Å². The molecule has 0 radical (unpaired) electrons. The third kappa shape index (κ3) is 5.92. The lowest BCUT2D eigenvalue weighted by Gasteiger charge is -2.44. The van der Waals surface area contributed by atoms with Crippen molar-refractivity contribution in [1.82, 2.24) is 0 Å². The molecular formula is C60H56B2N2O2S. The van der Waals surface area contributed by atoms with Gasteiger partial charge < -0.3 is 19.3 Å². The molecule has 0 spiro atoms. The summed E-state index contributed by atoms with van der Waals surface area (Å²) < 4.78 is 17.3. The van der Waals surface area contributed by atoms with Crippen molar-refractivity contribution in [2.24, 2.45) is 0 Å². The number of benzene rings is 7. The minimum Gasteiger partial charge on any atom is -0.458 e. The van der Waals surface area contributed by atoms with Crippen LogP contribution in [0.2, 0.25) is 0 Å². The van der Waals surface area contributed by atoms with E-state index in [4.69, 9.17) is 9.47 Å². The summed E-state index contributed by atoms with van der Waals surface area (Å²) >= 11 is 1.94. The minimum atomic E-state index is -0.123. The molecule has 7 heteroatoms. The molecule has 7 aromatic carbocycles. The van der Waals surface area contributed by atoms with Crippen LogP contribution in [0.5, 0.6) is 23.0 Å². The summed E-state index contributed by atoms with van der Waals surface area (Å²) in [5, 5.41) is 1.29. The van der Waals surface area contributed by atoms with Crippen LogP contribution < -0.4 is 51.4 Å². The molecular weight excluding hydrogens is 834 g/mol. The Hall–Kier alpha value is -6.17. The zero-order chi connectivity index (χ0) is 46.1. The highest BCUT2D eigenvalue weighted by molar-refractivity contribution is 7.33. The van der Waals surface area contributed by atoms with Gasteiger partial charge in [0.2, 0.25) is 0 Å². The first-order chi connectivity index (χ1) is 32.0. The first kappa shape index (κ1) is 41.1. The SMILES string of the molecule is CC(C)(C)c1cc2c3c(c1)N(c1ccccc1)c1ccccc1B3c1cc3c(cc1O2)Oc1cc(C(C)(C)C)cc2c1B3c1sc3ccccc3c1N2c1ccc2c(c1)C(C)(C)CCC2(C)C. The molecule has 5 aliphatic rings. The van der Waals surface area contributed by atoms with Crippen LogP contribution in [0.4, 0.5) is 34.1 Å². The van der Waals surface area contributed by atoms with Crippen LogP contribution in [0.1, 0.15) is 104 Å². The topological polar surface area (TPSA) is 24.9 Å². The molecule has 1 aromatic heterocycles. The summed E-state index contributed by atoms with van der Waals surface area (Å²) in [4.78, 5) is 5.06.